The molecule has 150 valence electrons. The normalized spacial score (nSPS) is 11.4. The molecule has 0 saturated carbocycles. The molecule has 2 rings (SSSR count). The molecule has 2 N–H and O–H groups in total. The van der Waals surface area contributed by atoms with Crippen molar-refractivity contribution in [2.75, 3.05) is 6.54 Å². The molecule has 2 aromatic rings. The number of aryl methyl sites for hydroxylation is 1. The number of hydrogen-bond donors (Lipinski definition) is 2. The quantitative estimate of drug-likeness (QED) is 0.806. The third-order valence-corrected chi connectivity index (χ3v) is 3.62. The molecule has 0 radical (unpaired) electrons. The molecule has 10 heteroatoms. The first-order chi connectivity index (χ1) is 13.0. The summed E-state index contributed by atoms with van der Waals surface area (Å²) >= 11 is 0. The van der Waals surface area contributed by atoms with Gasteiger partial charge in [0.15, 0.2) is 5.69 Å². The van der Waals surface area contributed by atoms with E-state index in [1.165, 1.54) is 25.1 Å². The molecular weight excluding hydrogens is 377 g/mol. The Balaban J connectivity index is 2.40. The molecule has 0 aliphatic rings. The van der Waals surface area contributed by atoms with Crippen LogP contribution in [-0.2, 0) is 11.0 Å². The van der Waals surface area contributed by atoms with E-state index >= 15 is 0 Å². The van der Waals surface area contributed by atoms with Crippen LogP contribution in [0.2, 0.25) is 0 Å². The van der Waals surface area contributed by atoms with Gasteiger partial charge in [0.05, 0.1) is 17.8 Å². The molecule has 0 unspecified atom stereocenters. The molecular formula is C18H19F3N4O3. The van der Waals surface area contributed by atoms with Crippen molar-refractivity contribution in [2.24, 2.45) is 0 Å². The molecule has 7 nitrogen and oxygen atoms in total. The maximum absolute atomic E-state index is 13.3. The number of rotatable bonds is 5. The number of benzene rings is 1. The number of carbonyl (C=O) groups excluding carboxylic acids is 2. The van der Waals surface area contributed by atoms with Gasteiger partial charge in [-0.1, -0.05) is 12.1 Å². The van der Waals surface area contributed by atoms with Crippen molar-refractivity contribution >= 4 is 11.8 Å². The summed E-state index contributed by atoms with van der Waals surface area (Å²) in [6, 6.07) is 5.56. The van der Waals surface area contributed by atoms with Crippen LogP contribution in [0.1, 0.15) is 35.6 Å². The highest BCUT2D eigenvalue weighted by Gasteiger charge is 2.34. The molecule has 0 bridgehead atoms. The van der Waals surface area contributed by atoms with Gasteiger partial charge in [0.1, 0.15) is 0 Å². The summed E-state index contributed by atoms with van der Waals surface area (Å²) in [4.78, 5) is 36.0. The Kier molecular flexibility index (Phi) is 6.22. The van der Waals surface area contributed by atoms with Crippen LogP contribution in [0.3, 0.4) is 0 Å². The fraction of sp³-hybridized carbons (Fsp3) is 0.333. The van der Waals surface area contributed by atoms with E-state index in [0.717, 1.165) is 16.8 Å². The van der Waals surface area contributed by atoms with Gasteiger partial charge in [-0.05, 0) is 32.9 Å². The lowest BCUT2D eigenvalue weighted by Gasteiger charge is -2.16. The number of nitrogens with one attached hydrogen (secondary N) is 2. The van der Waals surface area contributed by atoms with Crippen LogP contribution in [0.15, 0.2) is 35.1 Å². The smallest absolute Gasteiger partial charge is 0.352 e. The molecule has 0 spiro atoms. The fourth-order valence-electron chi connectivity index (χ4n) is 2.46. The second-order valence-electron chi connectivity index (χ2n) is 6.33. The number of aromatic nitrogens is 2. The molecule has 1 aromatic heterocycles. The van der Waals surface area contributed by atoms with E-state index in [9.17, 15) is 27.6 Å². The maximum atomic E-state index is 13.3. The molecule has 0 fully saturated rings. The first-order valence-corrected chi connectivity index (χ1v) is 8.36. The average Bonchev–Trinajstić information content (AvgIpc) is 2.58. The first-order valence-electron chi connectivity index (χ1n) is 8.36. The van der Waals surface area contributed by atoms with Gasteiger partial charge in [-0.15, -0.1) is 0 Å². The third kappa shape index (κ3) is 4.96. The van der Waals surface area contributed by atoms with Gasteiger partial charge in [0.25, 0.3) is 5.91 Å². The van der Waals surface area contributed by atoms with Crippen LogP contribution < -0.4 is 16.1 Å². The Morgan fingerprint density at radius 3 is 2.46 bits per heavy atom. The van der Waals surface area contributed by atoms with Crippen molar-refractivity contribution in [3.05, 3.63) is 57.5 Å². The van der Waals surface area contributed by atoms with Crippen molar-refractivity contribution < 1.29 is 22.8 Å². The van der Waals surface area contributed by atoms with Gasteiger partial charge < -0.3 is 10.6 Å². The summed E-state index contributed by atoms with van der Waals surface area (Å²) in [6.07, 6.45) is -4.65. The Hall–Kier alpha value is -3.17. The van der Waals surface area contributed by atoms with E-state index in [4.69, 9.17) is 0 Å². The monoisotopic (exact) mass is 396 g/mol. The minimum absolute atomic E-state index is 0.121. The van der Waals surface area contributed by atoms with E-state index in [-0.39, 0.29) is 17.4 Å². The summed E-state index contributed by atoms with van der Waals surface area (Å²) in [7, 11) is 0. The highest BCUT2D eigenvalue weighted by atomic mass is 19.4. The molecule has 1 heterocycles. The number of para-hydroxylation sites is 1. The van der Waals surface area contributed by atoms with Crippen LogP contribution in [0, 0.1) is 6.92 Å². The predicted molar refractivity (Wildman–Crippen MR) is 95.2 cm³/mol. The number of hydrogen-bond acceptors (Lipinski definition) is 4. The van der Waals surface area contributed by atoms with Gasteiger partial charge in [-0.3, -0.25) is 14.4 Å². The van der Waals surface area contributed by atoms with Crippen molar-refractivity contribution in [3.8, 4) is 5.69 Å². The molecule has 28 heavy (non-hydrogen) atoms. The van der Waals surface area contributed by atoms with Crippen molar-refractivity contribution in [1.29, 1.82) is 0 Å². The van der Waals surface area contributed by atoms with Gasteiger partial charge in [0.2, 0.25) is 11.3 Å². The lowest BCUT2D eigenvalue weighted by Crippen LogP contribution is -2.41. The first kappa shape index (κ1) is 21.1. The number of nitrogens with zero attached hydrogens (tertiary/aromatic N) is 2. The fourth-order valence-corrected chi connectivity index (χ4v) is 2.46. The zero-order chi connectivity index (χ0) is 21.1. The van der Waals surface area contributed by atoms with E-state index in [1.54, 1.807) is 13.8 Å². The van der Waals surface area contributed by atoms with E-state index < -0.39 is 41.2 Å². The van der Waals surface area contributed by atoms with E-state index in [2.05, 4.69) is 15.7 Å². The van der Waals surface area contributed by atoms with Crippen LogP contribution in [-0.4, -0.2) is 34.2 Å². The van der Waals surface area contributed by atoms with E-state index in [1.807, 2.05) is 0 Å². The van der Waals surface area contributed by atoms with Crippen LogP contribution in [0.25, 0.3) is 5.69 Å². The van der Waals surface area contributed by atoms with Crippen molar-refractivity contribution in [2.45, 2.75) is 33.0 Å². The second kappa shape index (κ2) is 8.24. The van der Waals surface area contributed by atoms with Crippen LogP contribution in [0.5, 0.6) is 0 Å². The molecule has 2 amide bonds. The average molecular weight is 396 g/mol. The third-order valence-electron chi connectivity index (χ3n) is 3.62. The van der Waals surface area contributed by atoms with E-state index in [0.29, 0.717) is 0 Å². The second-order valence-corrected chi connectivity index (χ2v) is 6.33. The Morgan fingerprint density at radius 1 is 1.21 bits per heavy atom. The molecule has 0 saturated heterocycles. The SMILES string of the molecule is Cc1cc(=O)c(C(=O)NCC(=O)NC(C)C)nn1-c1ccccc1C(F)(F)F. The minimum Gasteiger partial charge on any atom is -0.352 e. The van der Waals surface area contributed by atoms with Gasteiger partial charge >= 0.3 is 6.18 Å². The number of halogens is 3. The minimum atomic E-state index is -4.65. The summed E-state index contributed by atoms with van der Waals surface area (Å²) in [5, 5.41) is 8.61. The van der Waals surface area contributed by atoms with Crippen LogP contribution in [0.4, 0.5) is 13.2 Å². The highest BCUT2D eigenvalue weighted by molar-refractivity contribution is 5.94. The highest BCUT2D eigenvalue weighted by Crippen LogP contribution is 2.33. The van der Waals surface area contributed by atoms with Crippen LogP contribution >= 0.6 is 0 Å². The molecule has 0 aliphatic carbocycles. The Bertz CT molecular complexity index is 952. The summed E-state index contributed by atoms with van der Waals surface area (Å²) < 4.78 is 40.8. The maximum Gasteiger partial charge on any atom is 0.418 e. The predicted octanol–water partition coefficient (Wildman–Crippen LogP) is 1.81. The number of carbonyl (C=O) groups is 2. The Labute approximate surface area is 158 Å². The number of amides is 2. The number of alkyl halides is 3. The van der Waals surface area contributed by atoms with Gasteiger partial charge in [0, 0.05) is 17.8 Å². The molecule has 0 aliphatic heterocycles. The lowest BCUT2D eigenvalue weighted by atomic mass is 10.1. The molecule has 1 aromatic carbocycles. The lowest BCUT2D eigenvalue weighted by molar-refractivity contribution is -0.137. The summed E-state index contributed by atoms with van der Waals surface area (Å²) in [5.74, 6) is -1.43. The van der Waals surface area contributed by atoms with Gasteiger partial charge in [-0.2, -0.15) is 18.3 Å². The zero-order valence-corrected chi connectivity index (χ0v) is 15.4. The molecule has 0 atom stereocenters. The van der Waals surface area contributed by atoms with Gasteiger partial charge in [-0.25, -0.2) is 4.68 Å². The Morgan fingerprint density at radius 2 is 1.86 bits per heavy atom. The van der Waals surface area contributed by atoms with Crippen molar-refractivity contribution in [3.63, 3.8) is 0 Å². The summed E-state index contributed by atoms with van der Waals surface area (Å²) in [6.45, 7) is 4.47. The largest absolute Gasteiger partial charge is 0.418 e. The zero-order valence-electron chi connectivity index (χ0n) is 15.4. The standard InChI is InChI=1S/C18H19F3N4O3/c1-10(2)23-15(27)9-22-17(28)16-14(26)8-11(3)25(24-16)13-7-5-4-6-12(13)18(19,20)21/h4-8,10H,9H2,1-3H3,(H,22,28)(H,23,27). The topological polar surface area (TPSA) is 93.1 Å². The van der Waals surface area contributed by atoms with Crippen molar-refractivity contribution in [1.82, 2.24) is 20.4 Å². The summed E-state index contributed by atoms with van der Waals surface area (Å²) in [5.41, 5.74) is -2.54.